The summed E-state index contributed by atoms with van der Waals surface area (Å²) in [4.78, 5) is 32.1. The van der Waals surface area contributed by atoms with E-state index < -0.39 is 5.54 Å². The van der Waals surface area contributed by atoms with Crippen LogP contribution >= 0.6 is 0 Å². The third-order valence-electron chi connectivity index (χ3n) is 8.51. The third kappa shape index (κ3) is 4.99. The Bertz CT molecular complexity index is 1040. The molecule has 1 aliphatic carbocycles. The molecule has 2 amide bonds. The predicted octanol–water partition coefficient (Wildman–Crippen LogP) is 4.78. The first kappa shape index (κ1) is 25.1. The monoisotopic (exact) mass is 494 g/mol. The maximum Gasteiger partial charge on any atom is 0.271 e. The fourth-order valence-corrected chi connectivity index (χ4v) is 6.78. The van der Waals surface area contributed by atoms with Gasteiger partial charge in [-0.1, -0.05) is 33.1 Å². The molecular weight excluding hydrogens is 452 g/mol. The van der Waals surface area contributed by atoms with Crippen LogP contribution in [-0.4, -0.2) is 63.9 Å². The van der Waals surface area contributed by atoms with Crippen molar-refractivity contribution in [3.05, 3.63) is 36.2 Å². The van der Waals surface area contributed by atoms with Gasteiger partial charge in [-0.05, 0) is 75.3 Å². The first-order valence-corrected chi connectivity index (χ1v) is 13.9. The number of carbonyl (C=O) groups excluding carboxylic acids is 2. The molecule has 2 aromatic rings. The van der Waals surface area contributed by atoms with E-state index in [9.17, 15) is 9.59 Å². The Morgan fingerprint density at radius 3 is 2.47 bits per heavy atom. The van der Waals surface area contributed by atoms with Crippen LogP contribution in [0.4, 0.5) is 0 Å². The Kier molecular flexibility index (Phi) is 7.29. The molecule has 1 saturated heterocycles. The van der Waals surface area contributed by atoms with Crippen molar-refractivity contribution < 1.29 is 14.0 Å². The fraction of sp³-hybridized carbons (Fsp3) is 0.655. The number of nitrogens with one attached hydrogen (secondary N) is 1. The molecule has 0 spiro atoms. The van der Waals surface area contributed by atoms with Gasteiger partial charge in [-0.2, -0.15) is 0 Å². The van der Waals surface area contributed by atoms with Gasteiger partial charge in [0.1, 0.15) is 17.0 Å². The number of fused-ring (bicyclic) bond motifs is 1. The minimum Gasteiger partial charge on any atom is -0.463 e. The van der Waals surface area contributed by atoms with Crippen molar-refractivity contribution in [1.82, 2.24) is 19.7 Å². The number of amides is 2. The van der Waals surface area contributed by atoms with Gasteiger partial charge < -0.3 is 24.1 Å². The summed E-state index contributed by atoms with van der Waals surface area (Å²) in [6, 6.07) is 7.76. The SMILES string of the molecule is C[C@@H]1C[C@@H](C)CN(CCCN2C(=O)c3ccc(-c4ccco4)n3C[C@@]2(C)C(=O)NC2CCCCC2)C1. The van der Waals surface area contributed by atoms with Crippen LogP contribution in [0.15, 0.2) is 34.9 Å². The smallest absolute Gasteiger partial charge is 0.271 e. The number of furan rings is 1. The van der Waals surface area contributed by atoms with Gasteiger partial charge in [0.2, 0.25) is 5.91 Å². The molecule has 1 N–H and O–H groups in total. The van der Waals surface area contributed by atoms with Crippen molar-refractivity contribution in [3.8, 4) is 11.5 Å². The summed E-state index contributed by atoms with van der Waals surface area (Å²) in [5.74, 6) is 2.03. The van der Waals surface area contributed by atoms with E-state index in [1.165, 1.54) is 12.8 Å². The van der Waals surface area contributed by atoms with E-state index >= 15 is 0 Å². The lowest BCUT2D eigenvalue weighted by Crippen LogP contribution is -2.65. The Balaban J connectivity index is 1.37. The molecule has 7 nitrogen and oxygen atoms in total. The number of aromatic nitrogens is 1. The van der Waals surface area contributed by atoms with Crippen molar-refractivity contribution in [2.75, 3.05) is 26.2 Å². The summed E-state index contributed by atoms with van der Waals surface area (Å²) >= 11 is 0. The first-order chi connectivity index (χ1) is 17.3. The van der Waals surface area contributed by atoms with Crippen molar-refractivity contribution in [2.45, 2.75) is 83.8 Å². The zero-order chi connectivity index (χ0) is 25.3. The molecule has 5 rings (SSSR count). The molecule has 3 aliphatic rings. The number of carbonyl (C=O) groups is 2. The molecule has 196 valence electrons. The highest BCUT2D eigenvalue weighted by atomic mass is 16.3. The van der Waals surface area contributed by atoms with Crippen LogP contribution in [0, 0.1) is 11.8 Å². The molecule has 3 atom stereocenters. The molecule has 7 heteroatoms. The highest BCUT2D eigenvalue weighted by molar-refractivity contribution is 6.00. The van der Waals surface area contributed by atoms with Gasteiger partial charge in [0.15, 0.2) is 0 Å². The van der Waals surface area contributed by atoms with Gasteiger partial charge in [-0.25, -0.2) is 0 Å². The minimum atomic E-state index is -0.954. The Morgan fingerprint density at radius 1 is 1.06 bits per heavy atom. The van der Waals surface area contributed by atoms with Crippen LogP contribution in [0.2, 0.25) is 0 Å². The molecule has 0 radical (unpaired) electrons. The lowest BCUT2D eigenvalue weighted by molar-refractivity contribution is -0.133. The van der Waals surface area contributed by atoms with E-state index in [1.807, 2.05) is 40.7 Å². The number of likely N-dealkylation sites (tertiary alicyclic amines) is 1. The van der Waals surface area contributed by atoms with Crippen molar-refractivity contribution in [3.63, 3.8) is 0 Å². The van der Waals surface area contributed by atoms with Gasteiger partial charge in [-0.15, -0.1) is 0 Å². The summed E-state index contributed by atoms with van der Waals surface area (Å²) in [5, 5.41) is 3.33. The van der Waals surface area contributed by atoms with E-state index in [4.69, 9.17) is 4.42 Å². The van der Waals surface area contributed by atoms with Crippen LogP contribution in [0.1, 0.15) is 76.2 Å². The lowest BCUT2D eigenvalue weighted by atomic mass is 9.91. The van der Waals surface area contributed by atoms with Gasteiger partial charge in [-0.3, -0.25) is 9.59 Å². The minimum absolute atomic E-state index is 0.0345. The Labute approximate surface area is 215 Å². The van der Waals surface area contributed by atoms with E-state index in [0.29, 0.717) is 36.4 Å². The zero-order valence-electron chi connectivity index (χ0n) is 22.2. The normalized spacial score (nSPS) is 27.8. The van der Waals surface area contributed by atoms with Gasteiger partial charge in [0, 0.05) is 25.7 Å². The van der Waals surface area contributed by atoms with Crippen LogP contribution < -0.4 is 5.32 Å². The lowest BCUT2D eigenvalue weighted by Gasteiger charge is -2.45. The number of hydrogen-bond donors (Lipinski definition) is 1. The Hall–Kier alpha value is -2.54. The summed E-state index contributed by atoms with van der Waals surface area (Å²) in [6.07, 6.45) is 9.38. The van der Waals surface area contributed by atoms with Crippen molar-refractivity contribution >= 4 is 11.8 Å². The van der Waals surface area contributed by atoms with Crippen molar-refractivity contribution in [2.24, 2.45) is 11.8 Å². The van der Waals surface area contributed by atoms with E-state index in [0.717, 1.165) is 57.4 Å². The molecule has 0 aromatic carbocycles. The van der Waals surface area contributed by atoms with E-state index in [-0.39, 0.29) is 17.9 Å². The molecule has 4 heterocycles. The molecule has 0 unspecified atom stereocenters. The van der Waals surface area contributed by atoms with Crippen LogP contribution in [0.5, 0.6) is 0 Å². The second-order valence-electron chi connectivity index (χ2n) is 11.8. The summed E-state index contributed by atoms with van der Waals surface area (Å²) in [6.45, 7) is 10.8. The molecular formula is C29H42N4O3. The average Bonchev–Trinajstić information content (AvgIpc) is 3.51. The van der Waals surface area contributed by atoms with E-state index in [2.05, 4.69) is 24.1 Å². The summed E-state index contributed by atoms with van der Waals surface area (Å²) in [5.41, 5.74) is 0.519. The van der Waals surface area contributed by atoms with Gasteiger partial charge in [0.05, 0.1) is 18.5 Å². The molecule has 2 fully saturated rings. The molecule has 36 heavy (non-hydrogen) atoms. The number of nitrogens with zero attached hydrogens (tertiary/aromatic N) is 3. The van der Waals surface area contributed by atoms with Gasteiger partial charge >= 0.3 is 0 Å². The average molecular weight is 495 g/mol. The number of piperidine rings is 1. The molecule has 1 saturated carbocycles. The molecule has 2 aliphatic heterocycles. The second-order valence-corrected chi connectivity index (χ2v) is 11.8. The largest absolute Gasteiger partial charge is 0.463 e. The predicted molar refractivity (Wildman–Crippen MR) is 141 cm³/mol. The van der Waals surface area contributed by atoms with Crippen molar-refractivity contribution in [1.29, 1.82) is 0 Å². The fourth-order valence-electron chi connectivity index (χ4n) is 6.78. The highest BCUT2D eigenvalue weighted by Crippen LogP contribution is 2.34. The van der Waals surface area contributed by atoms with E-state index in [1.54, 1.807) is 6.26 Å². The number of hydrogen-bond acceptors (Lipinski definition) is 4. The summed E-state index contributed by atoms with van der Waals surface area (Å²) < 4.78 is 7.63. The third-order valence-corrected chi connectivity index (χ3v) is 8.51. The standard InChI is InChI=1S/C29H42N4O3/c1-21-17-22(2)19-31(18-21)14-8-15-33-27(34)25-13-12-24(26-11-7-16-36-26)32(25)20-29(33,3)28(35)30-23-9-5-4-6-10-23/h7,11-13,16,21-23H,4-6,8-10,14-15,17-20H2,1-3H3,(H,30,35)/t21-,22-,29+/m1/s1. The quantitative estimate of drug-likeness (QED) is 0.601. The maximum atomic E-state index is 13.9. The van der Waals surface area contributed by atoms with Crippen LogP contribution in [-0.2, 0) is 11.3 Å². The summed E-state index contributed by atoms with van der Waals surface area (Å²) in [7, 11) is 0. The van der Waals surface area contributed by atoms with Crippen LogP contribution in [0.25, 0.3) is 11.5 Å². The first-order valence-electron chi connectivity index (χ1n) is 13.9. The number of rotatable bonds is 7. The maximum absolute atomic E-state index is 13.9. The highest BCUT2D eigenvalue weighted by Gasteiger charge is 2.48. The van der Waals surface area contributed by atoms with Gasteiger partial charge in [0.25, 0.3) is 5.91 Å². The second kappa shape index (κ2) is 10.4. The Morgan fingerprint density at radius 2 is 1.78 bits per heavy atom. The topological polar surface area (TPSA) is 70.7 Å². The molecule has 0 bridgehead atoms. The van der Waals surface area contributed by atoms with Crippen LogP contribution in [0.3, 0.4) is 0 Å². The molecule has 2 aromatic heterocycles. The zero-order valence-corrected chi connectivity index (χ0v) is 22.2.